The second-order valence-corrected chi connectivity index (χ2v) is 21.5. The first-order valence-electron chi connectivity index (χ1n) is 19.4. The monoisotopic (exact) mass is 826 g/mol. The number of hydrogen-bond acceptors (Lipinski definition) is 4. The summed E-state index contributed by atoms with van der Waals surface area (Å²) in [6, 6.07) is 0. The van der Waals surface area contributed by atoms with E-state index in [0.29, 0.717) is 0 Å². The Morgan fingerprint density at radius 2 is 0.477 bits per heavy atom. The van der Waals surface area contributed by atoms with E-state index in [2.05, 4.69) is 44.8 Å². The summed E-state index contributed by atoms with van der Waals surface area (Å²) >= 11 is 11.8. The van der Waals surface area contributed by atoms with E-state index < -0.39 is 5.69 Å². The molecule has 0 saturated heterocycles. The van der Waals surface area contributed by atoms with Crippen molar-refractivity contribution in [2.45, 2.75) is 228 Å². The van der Waals surface area contributed by atoms with Crippen LogP contribution in [0.15, 0.2) is 0 Å². The summed E-state index contributed by atoms with van der Waals surface area (Å²) in [6.45, 7) is 6.86. The molecule has 0 aromatic rings. The molecule has 44 heavy (non-hydrogen) atoms. The molecule has 0 aliphatic carbocycles. The van der Waals surface area contributed by atoms with Crippen LogP contribution in [-0.4, -0.2) is 0 Å². The van der Waals surface area contributed by atoms with Gasteiger partial charge in [-0.1, -0.05) is 0 Å². The Hall–Kier alpha value is 2.79. The molecule has 0 aromatic carbocycles. The van der Waals surface area contributed by atoms with Crippen LogP contribution in [0.1, 0.15) is 213 Å². The molecule has 0 unspecified atom stereocenters. The summed E-state index contributed by atoms with van der Waals surface area (Å²) in [5, 5.41) is 4.49. The van der Waals surface area contributed by atoms with E-state index in [0.717, 1.165) is 0 Å². The van der Waals surface area contributed by atoms with E-state index in [-0.39, 0.29) is 0 Å². The van der Waals surface area contributed by atoms with Crippen LogP contribution < -0.4 is 9.79 Å². The number of hydrogen-bond donors (Lipinski definition) is 0. The Morgan fingerprint density at radius 1 is 0.364 bits per heavy atom. The first-order chi connectivity index (χ1) is 21.2. The summed E-state index contributed by atoms with van der Waals surface area (Å²) < 4.78 is 0. The largest absolute Gasteiger partial charge is 0.850 e. The molecule has 2 nitrogen and oxygen atoms in total. The van der Waals surface area contributed by atoms with Crippen molar-refractivity contribution in [2.75, 3.05) is 0 Å². The van der Waals surface area contributed by atoms with Crippen LogP contribution in [0.5, 0.6) is 0 Å². The van der Waals surface area contributed by atoms with Crippen molar-refractivity contribution in [1.82, 2.24) is 0 Å². The van der Waals surface area contributed by atoms with Crippen molar-refractivity contribution in [2.24, 2.45) is 0 Å². The van der Waals surface area contributed by atoms with Gasteiger partial charge in [0.05, 0.1) is 0 Å². The fraction of sp³-hybridized carbons (Fsp3) is 1.00. The third-order valence-corrected chi connectivity index (χ3v) is 11.0. The summed E-state index contributed by atoms with van der Waals surface area (Å²) in [5.41, 5.74) is -3.72. The molecule has 0 rings (SSSR count). The average molecular weight is 831 g/mol. The van der Waals surface area contributed by atoms with Crippen LogP contribution in [0.2, 0.25) is 15.0 Å². The minimum absolute atomic E-state index is 1.38. The smallest absolute Gasteiger partial charge is 0.160 e. The molecule has 0 heterocycles. The van der Waals surface area contributed by atoms with Gasteiger partial charge in [0.25, 0.3) is 0 Å². The molecule has 0 N–H and O–H groups in total. The van der Waals surface area contributed by atoms with E-state index in [1.807, 2.05) is 0 Å². The maximum absolute atomic E-state index is 9.29. The quantitative estimate of drug-likeness (QED) is 0.0313. The van der Waals surface area contributed by atoms with Gasteiger partial charge in [0.2, 0.25) is 0 Å². The second-order valence-electron chi connectivity index (χ2n) is 12.6. The second kappa shape index (κ2) is 52.6. The van der Waals surface area contributed by atoms with Gasteiger partial charge in [-0.3, -0.25) is 0 Å². The average Bonchev–Trinajstić information content (AvgIpc) is 2.98. The van der Waals surface area contributed by atoms with Crippen molar-refractivity contribution in [3.05, 3.63) is 0 Å². The molecule has 0 saturated carbocycles. The van der Waals surface area contributed by atoms with Crippen molar-refractivity contribution >= 4 is 29.7 Å². The van der Waals surface area contributed by atoms with Crippen molar-refractivity contribution in [1.29, 1.82) is 0 Å². The van der Waals surface area contributed by atoms with Crippen LogP contribution in [0.3, 0.4) is 0 Å². The van der Waals surface area contributed by atoms with Gasteiger partial charge in [-0.25, -0.2) is 0 Å². The first kappa shape index (κ1) is 53.6. The topological polar surface area (TPSA) is 46.1 Å². The van der Waals surface area contributed by atoms with Crippen LogP contribution in [-0.2, 0) is 79.0 Å². The maximum Gasteiger partial charge on any atom is -0.160 e. The van der Waals surface area contributed by atoms with Crippen LogP contribution >= 0.6 is 5.69 Å². The Kier molecular flexibility index (Phi) is 64.1. The van der Waals surface area contributed by atoms with E-state index >= 15 is 0 Å². The van der Waals surface area contributed by atoms with Gasteiger partial charge < -0.3 is 27.7 Å². The van der Waals surface area contributed by atoms with Gasteiger partial charge in [0.1, 0.15) is 0 Å². The Morgan fingerprint density at radius 3 is 0.591 bits per heavy atom. The molecule has 0 spiro atoms. The number of unbranched alkanes of at least 4 members (excludes halogenated alkanes) is 27. The molecule has 8 heteroatoms. The molecule has 0 aromatic heterocycles. The number of rotatable bonds is 30. The van der Waals surface area contributed by atoms with Gasteiger partial charge in [-0.2, -0.15) is 11.8 Å². The van der Waals surface area contributed by atoms with Crippen molar-refractivity contribution in [3.8, 4) is 0 Å². The van der Waals surface area contributed by atoms with Crippen molar-refractivity contribution < 1.29 is 64.7 Å². The van der Waals surface area contributed by atoms with E-state index in [9.17, 15) is 9.79 Å². The molecule has 0 amide bonds. The Bertz CT molecular complexity index is 409. The van der Waals surface area contributed by atoms with Gasteiger partial charge in [-0.05, 0) is 0 Å². The van der Waals surface area contributed by atoms with Gasteiger partial charge in [0.15, 0.2) is 0 Å². The van der Waals surface area contributed by atoms with Gasteiger partial charge >= 0.3 is 283 Å². The summed E-state index contributed by atoms with van der Waals surface area (Å²) in [5.74, 6) is 0. The Labute approximate surface area is 320 Å². The van der Waals surface area contributed by atoms with E-state index in [1.54, 1.807) is 0 Å². The van der Waals surface area contributed by atoms with Gasteiger partial charge in [0, 0.05) is 0 Å². The van der Waals surface area contributed by atoms with E-state index in [1.165, 1.54) is 263 Å². The molecule has 0 atom stereocenters. The van der Waals surface area contributed by atoms with Crippen molar-refractivity contribution in [3.63, 3.8) is 0 Å². The standard InChI is InChI=1S/3C12H25.H3O2PS2.3Zn/c3*1-3-5-7-9-11-12-10-8-6-4-2;1-3(2,4)5;;;/h3*1,3-12H2,2H3;(H3,1,2,4,5);;;/q;;;;3*+1/p-3. The predicted octanol–water partition coefficient (Wildman–Crippen LogP) is 13.1. The van der Waals surface area contributed by atoms with Crippen LogP contribution in [0.4, 0.5) is 0 Å². The van der Waals surface area contributed by atoms with Crippen LogP contribution in [0.25, 0.3) is 0 Å². The maximum atomic E-state index is 9.29. The molecule has 0 radical (unpaired) electrons. The zero-order chi connectivity index (χ0) is 33.8. The van der Waals surface area contributed by atoms with E-state index in [4.69, 9.17) is 0 Å². The SMILES string of the molecule is CCCCCCCCCCC[CH2][Zn+].CCCCCCCCCCC[CH2][Zn+].CCCCCCCCCCC[CH2][Zn+].[O-]P([O-])(=S)[S-]. The zero-order valence-electron chi connectivity index (χ0n) is 30.5. The summed E-state index contributed by atoms with van der Waals surface area (Å²) in [4.78, 5) is 18.6. The normalized spacial score (nSPS) is 10.8. The fourth-order valence-electron chi connectivity index (χ4n) is 4.99. The van der Waals surface area contributed by atoms with Gasteiger partial charge in [-0.15, -0.1) is 0 Å². The molecule has 254 valence electrons. The molecule has 0 aliphatic rings. The third-order valence-electron chi connectivity index (χ3n) is 7.81. The first-order valence-corrected chi connectivity index (χ1v) is 29.3. The molecular formula is C36H75O2PS2Zn3. The molecule has 0 fully saturated rings. The zero-order valence-corrected chi connectivity index (χ0v) is 42.0. The summed E-state index contributed by atoms with van der Waals surface area (Å²) in [7, 11) is 0. The predicted molar refractivity (Wildman–Crippen MR) is 192 cm³/mol. The minimum atomic E-state index is -3.72. The molecule has 0 aliphatic heterocycles. The third kappa shape index (κ3) is 79.9. The minimum Gasteiger partial charge on any atom is -0.850 e. The Balaban J connectivity index is -0.000000253. The molecule has 0 bridgehead atoms. The fourth-order valence-corrected chi connectivity index (χ4v) is 7.22. The summed E-state index contributed by atoms with van der Waals surface area (Å²) in [6.07, 6.45) is 44.2. The van der Waals surface area contributed by atoms with Crippen LogP contribution in [0, 0.1) is 0 Å². The molecular weight excluding hydrogens is 756 g/mol.